The summed E-state index contributed by atoms with van der Waals surface area (Å²) in [6.07, 6.45) is -2.62. The van der Waals surface area contributed by atoms with Gasteiger partial charge in [-0.05, 0) is 29.8 Å². The molecule has 3 heterocycles. The number of imidazole rings is 1. The molecule has 0 aliphatic rings. The number of rotatable bonds is 7. The van der Waals surface area contributed by atoms with Crippen LogP contribution in [0, 0.1) is 0 Å². The van der Waals surface area contributed by atoms with E-state index in [1.165, 1.54) is 23.8 Å². The number of hydrogen-bond donors (Lipinski definition) is 1. The van der Waals surface area contributed by atoms with Gasteiger partial charge in [0.2, 0.25) is 0 Å². The highest BCUT2D eigenvalue weighted by atomic mass is 32.2. The number of nitrogens with zero attached hydrogens (tertiary/aromatic N) is 4. The van der Waals surface area contributed by atoms with Crippen LogP contribution >= 0.6 is 0 Å². The molecule has 0 saturated heterocycles. The number of fused-ring (bicyclic) bond motifs is 1. The fourth-order valence-corrected chi connectivity index (χ4v) is 4.54. The van der Waals surface area contributed by atoms with E-state index in [1.807, 2.05) is 24.3 Å². The van der Waals surface area contributed by atoms with Crippen molar-refractivity contribution in [2.45, 2.75) is 24.5 Å². The largest absolute Gasteiger partial charge is 0.497 e. The summed E-state index contributed by atoms with van der Waals surface area (Å²) in [5.41, 5.74) is 0.408. The maximum Gasteiger partial charge on any atom is 0.417 e. The summed E-state index contributed by atoms with van der Waals surface area (Å²) in [4.78, 5) is 12.4. The quantitative estimate of drug-likeness (QED) is 0.396. The monoisotopic (exact) mass is 505 g/mol. The molecule has 4 rings (SSSR count). The molecule has 1 aromatic carbocycles. The smallest absolute Gasteiger partial charge is 0.417 e. The van der Waals surface area contributed by atoms with Gasteiger partial charge in [-0.1, -0.05) is 19.1 Å². The molecule has 0 unspecified atom stereocenters. The van der Waals surface area contributed by atoms with Crippen LogP contribution in [0.25, 0.3) is 22.6 Å². The first-order valence-corrected chi connectivity index (χ1v) is 12.2. The number of halogens is 3. The number of alkyl halides is 3. The van der Waals surface area contributed by atoms with E-state index in [-0.39, 0.29) is 33.2 Å². The molecule has 0 aliphatic carbocycles. The molecule has 0 saturated carbocycles. The maximum absolute atomic E-state index is 13.2. The van der Waals surface area contributed by atoms with E-state index in [0.717, 1.165) is 17.8 Å². The van der Waals surface area contributed by atoms with Gasteiger partial charge in [0.1, 0.15) is 22.9 Å². The van der Waals surface area contributed by atoms with Crippen LogP contribution in [0.2, 0.25) is 0 Å². The number of aryl methyl sites for hydroxylation is 1. The Morgan fingerprint density at radius 2 is 1.80 bits per heavy atom. The molecule has 0 spiro atoms. The average molecular weight is 506 g/mol. The summed E-state index contributed by atoms with van der Waals surface area (Å²) in [6, 6.07) is 9.79. The zero-order valence-corrected chi connectivity index (χ0v) is 19.9. The third-order valence-electron chi connectivity index (χ3n) is 5.49. The Morgan fingerprint density at radius 1 is 1.09 bits per heavy atom. The van der Waals surface area contributed by atoms with Gasteiger partial charge in [0.25, 0.3) is 0 Å². The van der Waals surface area contributed by atoms with Crippen molar-refractivity contribution in [3.05, 3.63) is 59.9 Å². The SMILES string of the molecule is CCS(=O)(=O)c1cnc(NCc2ccc(OC)cc2)cc1-c1nc2cc(C(F)(F)F)cnc2n1C. The van der Waals surface area contributed by atoms with Crippen LogP contribution in [0.4, 0.5) is 19.0 Å². The van der Waals surface area contributed by atoms with Gasteiger partial charge in [-0.15, -0.1) is 0 Å². The molecule has 1 N–H and O–H groups in total. The van der Waals surface area contributed by atoms with Gasteiger partial charge in [0.05, 0.1) is 23.3 Å². The van der Waals surface area contributed by atoms with Gasteiger partial charge < -0.3 is 14.6 Å². The second kappa shape index (κ2) is 9.17. The van der Waals surface area contributed by atoms with Gasteiger partial charge in [-0.3, -0.25) is 0 Å². The van der Waals surface area contributed by atoms with Crippen molar-refractivity contribution in [2.24, 2.45) is 7.05 Å². The first kappa shape index (κ1) is 24.5. The number of benzene rings is 1. The first-order chi connectivity index (χ1) is 16.5. The predicted octanol–water partition coefficient (Wildman–Crippen LogP) is 4.46. The fraction of sp³-hybridized carbons (Fsp3) is 0.261. The number of aromatic nitrogens is 4. The van der Waals surface area contributed by atoms with Crippen molar-refractivity contribution in [2.75, 3.05) is 18.2 Å². The normalized spacial score (nSPS) is 12.2. The van der Waals surface area contributed by atoms with E-state index < -0.39 is 21.6 Å². The van der Waals surface area contributed by atoms with Crippen molar-refractivity contribution in [3.63, 3.8) is 0 Å². The minimum atomic E-state index is -4.58. The predicted molar refractivity (Wildman–Crippen MR) is 125 cm³/mol. The molecule has 0 fully saturated rings. The van der Waals surface area contributed by atoms with Gasteiger partial charge in [0.15, 0.2) is 15.5 Å². The molecule has 8 nitrogen and oxygen atoms in total. The van der Waals surface area contributed by atoms with Crippen LogP contribution in [-0.4, -0.2) is 40.8 Å². The zero-order chi connectivity index (χ0) is 25.4. The van der Waals surface area contributed by atoms with Gasteiger partial charge in [0, 0.05) is 31.5 Å². The molecule has 35 heavy (non-hydrogen) atoms. The molecule has 0 atom stereocenters. The molecule has 184 valence electrons. The summed E-state index contributed by atoms with van der Waals surface area (Å²) in [5, 5.41) is 3.14. The lowest BCUT2D eigenvalue weighted by Gasteiger charge is -2.12. The summed E-state index contributed by atoms with van der Waals surface area (Å²) < 4.78 is 71.6. The zero-order valence-electron chi connectivity index (χ0n) is 19.1. The standard InChI is InChI=1S/C23H22F3N5O3S/c1-4-35(32,33)19-13-28-20(27-11-14-5-7-16(34-3)8-6-14)10-17(19)21-30-18-9-15(23(24,25)26)12-29-22(18)31(21)2/h5-10,12-13H,4,11H2,1-3H3,(H,27,28). The number of nitrogens with one attached hydrogen (secondary N) is 1. The molecule has 0 bridgehead atoms. The van der Waals surface area contributed by atoms with Crippen molar-refractivity contribution >= 4 is 26.8 Å². The molecule has 0 amide bonds. The van der Waals surface area contributed by atoms with E-state index >= 15 is 0 Å². The second-order valence-electron chi connectivity index (χ2n) is 7.73. The Hall–Kier alpha value is -3.67. The Labute approximate surface area is 199 Å². The van der Waals surface area contributed by atoms with Gasteiger partial charge >= 0.3 is 6.18 Å². The van der Waals surface area contributed by atoms with Crippen LogP contribution in [-0.2, 0) is 29.6 Å². The number of pyridine rings is 2. The fourth-order valence-electron chi connectivity index (χ4n) is 3.53. The molecule has 0 radical (unpaired) electrons. The van der Waals surface area contributed by atoms with E-state index in [1.54, 1.807) is 14.2 Å². The summed E-state index contributed by atoms with van der Waals surface area (Å²) in [5.74, 6) is 1.07. The molecule has 4 aromatic rings. The maximum atomic E-state index is 13.2. The van der Waals surface area contributed by atoms with Crippen molar-refractivity contribution in [1.82, 2.24) is 19.5 Å². The minimum absolute atomic E-state index is 0.00160. The van der Waals surface area contributed by atoms with Gasteiger partial charge in [-0.2, -0.15) is 13.2 Å². The molecular weight excluding hydrogens is 483 g/mol. The van der Waals surface area contributed by atoms with E-state index in [9.17, 15) is 21.6 Å². The molecule has 3 aromatic heterocycles. The highest BCUT2D eigenvalue weighted by Crippen LogP contribution is 2.34. The highest BCUT2D eigenvalue weighted by molar-refractivity contribution is 7.91. The number of ether oxygens (including phenoxy) is 1. The molecular formula is C23H22F3N5O3S. The average Bonchev–Trinajstić information content (AvgIpc) is 3.18. The lowest BCUT2D eigenvalue weighted by Crippen LogP contribution is -2.10. The number of sulfone groups is 1. The molecule has 0 aliphatic heterocycles. The van der Waals surface area contributed by atoms with Crippen molar-refractivity contribution < 1.29 is 26.3 Å². The highest BCUT2D eigenvalue weighted by Gasteiger charge is 2.32. The topological polar surface area (TPSA) is 99.0 Å². The Balaban J connectivity index is 1.78. The van der Waals surface area contributed by atoms with Gasteiger partial charge in [-0.25, -0.2) is 23.4 Å². The van der Waals surface area contributed by atoms with Crippen LogP contribution < -0.4 is 10.1 Å². The molecule has 12 heteroatoms. The van der Waals surface area contributed by atoms with E-state index in [4.69, 9.17) is 4.74 Å². The number of anilines is 1. The lowest BCUT2D eigenvalue weighted by molar-refractivity contribution is -0.137. The lowest BCUT2D eigenvalue weighted by atomic mass is 10.2. The summed E-state index contributed by atoms with van der Waals surface area (Å²) in [6.45, 7) is 1.90. The third-order valence-corrected chi connectivity index (χ3v) is 7.25. The Morgan fingerprint density at radius 3 is 2.43 bits per heavy atom. The Kier molecular flexibility index (Phi) is 6.41. The van der Waals surface area contributed by atoms with Crippen LogP contribution in [0.3, 0.4) is 0 Å². The van der Waals surface area contributed by atoms with Crippen LogP contribution in [0.15, 0.2) is 53.7 Å². The van der Waals surface area contributed by atoms with Crippen molar-refractivity contribution in [3.8, 4) is 17.1 Å². The minimum Gasteiger partial charge on any atom is -0.497 e. The van der Waals surface area contributed by atoms with Crippen LogP contribution in [0.1, 0.15) is 18.1 Å². The van der Waals surface area contributed by atoms with E-state index in [0.29, 0.717) is 18.1 Å². The number of hydrogen-bond acceptors (Lipinski definition) is 7. The van der Waals surface area contributed by atoms with Crippen molar-refractivity contribution in [1.29, 1.82) is 0 Å². The van der Waals surface area contributed by atoms with Crippen LogP contribution in [0.5, 0.6) is 5.75 Å². The summed E-state index contributed by atoms with van der Waals surface area (Å²) >= 11 is 0. The Bertz CT molecular complexity index is 1480. The third kappa shape index (κ3) is 4.92. The summed E-state index contributed by atoms with van der Waals surface area (Å²) in [7, 11) is -0.570. The second-order valence-corrected chi connectivity index (χ2v) is 9.98. The number of methoxy groups -OCH3 is 1. The van der Waals surface area contributed by atoms with E-state index in [2.05, 4.69) is 20.3 Å². The first-order valence-electron chi connectivity index (χ1n) is 10.5.